The van der Waals surface area contributed by atoms with Gasteiger partial charge in [-0.1, -0.05) is 13.8 Å². The molecule has 1 amide bonds. The van der Waals surface area contributed by atoms with Crippen molar-refractivity contribution in [1.29, 1.82) is 0 Å². The van der Waals surface area contributed by atoms with Gasteiger partial charge in [0.2, 0.25) is 5.91 Å². The Bertz CT molecular complexity index is 488. The summed E-state index contributed by atoms with van der Waals surface area (Å²) in [5.74, 6) is 0.939. The number of amides is 1. The number of anilines is 1. The summed E-state index contributed by atoms with van der Waals surface area (Å²) in [6.45, 7) is 7.30. The monoisotopic (exact) mass is 276 g/mol. The molecule has 0 bridgehead atoms. The lowest BCUT2D eigenvalue weighted by Gasteiger charge is -2.23. The van der Waals surface area contributed by atoms with Crippen molar-refractivity contribution in [3.8, 4) is 0 Å². The topological polar surface area (TPSA) is 59.0 Å². The Morgan fingerprint density at radius 1 is 1.55 bits per heavy atom. The van der Waals surface area contributed by atoms with E-state index in [1.165, 1.54) is 0 Å². The van der Waals surface area contributed by atoms with Crippen LogP contribution in [0.1, 0.15) is 33.1 Å². The van der Waals surface area contributed by atoms with E-state index in [1.807, 2.05) is 10.9 Å². The first-order chi connectivity index (χ1) is 9.59. The Balaban J connectivity index is 1.56. The summed E-state index contributed by atoms with van der Waals surface area (Å²) in [6.07, 6.45) is 7.00. The second-order valence-electron chi connectivity index (χ2n) is 6.70. The lowest BCUT2D eigenvalue weighted by atomic mass is 9.92. The molecule has 5 heteroatoms. The molecule has 2 N–H and O–H groups in total. The van der Waals surface area contributed by atoms with Crippen LogP contribution in [-0.2, 0) is 11.3 Å². The van der Waals surface area contributed by atoms with Crippen LogP contribution >= 0.6 is 0 Å². The van der Waals surface area contributed by atoms with Crippen molar-refractivity contribution in [2.75, 3.05) is 18.4 Å². The highest BCUT2D eigenvalue weighted by Gasteiger charge is 2.57. The molecule has 110 valence electrons. The molecule has 1 saturated carbocycles. The van der Waals surface area contributed by atoms with Crippen molar-refractivity contribution in [3.05, 3.63) is 12.4 Å². The summed E-state index contributed by atoms with van der Waals surface area (Å²) in [6, 6.07) is 0. The van der Waals surface area contributed by atoms with E-state index in [1.54, 1.807) is 6.20 Å². The van der Waals surface area contributed by atoms with Crippen molar-refractivity contribution >= 4 is 11.6 Å². The number of hydrogen-bond acceptors (Lipinski definition) is 3. The second kappa shape index (κ2) is 5.20. The van der Waals surface area contributed by atoms with Crippen LogP contribution in [0.4, 0.5) is 5.69 Å². The molecule has 2 fully saturated rings. The molecule has 5 nitrogen and oxygen atoms in total. The minimum Gasteiger partial charge on any atom is -0.323 e. The van der Waals surface area contributed by atoms with E-state index < -0.39 is 0 Å². The van der Waals surface area contributed by atoms with Crippen LogP contribution < -0.4 is 10.6 Å². The zero-order valence-corrected chi connectivity index (χ0v) is 12.4. The molecule has 2 heterocycles. The van der Waals surface area contributed by atoms with Gasteiger partial charge in [0.05, 0.1) is 11.9 Å². The molecular weight excluding hydrogens is 252 g/mol. The largest absolute Gasteiger partial charge is 0.323 e. The Morgan fingerprint density at radius 2 is 2.30 bits per heavy atom. The summed E-state index contributed by atoms with van der Waals surface area (Å²) in [5.41, 5.74) is 1.12. The van der Waals surface area contributed by atoms with Gasteiger partial charge < -0.3 is 10.6 Å². The maximum absolute atomic E-state index is 12.3. The fourth-order valence-corrected chi connectivity index (χ4v) is 3.33. The third-order valence-corrected chi connectivity index (χ3v) is 4.56. The average Bonchev–Trinajstić information content (AvgIpc) is 2.91. The molecule has 1 aromatic heterocycles. The van der Waals surface area contributed by atoms with Crippen LogP contribution in [0.15, 0.2) is 12.4 Å². The van der Waals surface area contributed by atoms with E-state index in [4.69, 9.17) is 0 Å². The van der Waals surface area contributed by atoms with Crippen molar-refractivity contribution < 1.29 is 4.79 Å². The normalized spacial score (nSPS) is 24.1. The zero-order valence-electron chi connectivity index (χ0n) is 12.4. The first-order valence-corrected chi connectivity index (χ1v) is 7.63. The van der Waals surface area contributed by atoms with Crippen LogP contribution in [0.5, 0.6) is 0 Å². The molecule has 3 rings (SSSR count). The molecule has 1 spiro atoms. The second-order valence-corrected chi connectivity index (χ2v) is 6.70. The molecule has 1 unspecified atom stereocenters. The predicted molar refractivity (Wildman–Crippen MR) is 78.3 cm³/mol. The molecule has 1 aliphatic carbocycles. The van der Waals surface area contributed by atoms with Gasteiger partial charge in [-0.2, -0.15) is 5.10 Å². The van der Waals surface area contributed by atoms with E-state index in [0.29, 0.717) is 11.3 Å². The molecule has 1 saturated heterocycles. The Kier molecular flexibility index (Phi) is 3.54. The first kappa shape index (κ1) is 13.6. The van der Waals surface area contributed by atoms with Gasteiger partial charge in [-0.15, -0.1) is 0 Å². The summed E-state index contributed by atoms with van der Waals surface area (Å²) >= 11 is 0. The number of piperidine rings is 1. The number of rotatable bonds is 4. The minimum atomic E-state index is 0.177. The number of hydrogen-bond donors (Lipinski definition) is 2. The van der Waals surface area contributed by atoms with Gasteiger partial charge >= 0.3 is 0 Å². The van der Waals surface area contributed by atoms with E-state index in [-0.39, 0.29) is 11.8 Å². The fraction of sp³-hybridized carbons (Fsp3) is 0.733. The summed E-state index contributed by atoms with van der Waals surface area (Å²) in [5, 5.41) is 10.7. The Morgan fingerprint density at radius 3 is 3.00 bits per heavy atom. The molecule has 0 radical (unpaired) electrons. The lowest BCUT2D eigenvalue weighted by Crippen LogP contribution is -2.31. The highest BCUT2D eigenvalue weighted by molar-refractivity contribution is 5.94. The van der Waals surface area contributed by atoms with Crippen LogP contribution in [0, 0.1) is 17.3 Å². The lowest BCUT2D eigenvalue weighted by molar-refractivity contribution is -0.118. The predicted octanol–water partition coefficient (Wildman–Crippen LogP) is 1.87. The number of carbonyl (C=O) groups excluding carboxylic acids is 1. The van der Waals surface area contributed by atoms with Gasteiger partial charge in [0.15, 0.2) is 0 Å². The van der Waals surface area contributed by atoms with Gasteiger partial charge in [-0.25, -0.2) is 0 Å². The quantitative estimate of drug-likeness (QED) is 0.882. The zero-order chi connectivity index (χ0) is 14.2. The number of nitrogens with one attached hydrogen (secondary N) is 2. The Labute approximate surface area is 120 Å². The highest BCUT2D eigenvalue weighted by Crippen LogP contribution is 2.58. The molecule has 1 atom stereocenters. The third kappa shape index (κ3) is 2.73. The Hall–Kier alpha value is -1.36. The fourth-order valence-electron chi connectivity index (χ4n) is 3.33. The SMILES string of the molecule is CC(C)Cn1cc(NC(=O)C2CC23CCNCC3)cn1. The standard InChI is InChI=1S/C15H24N4O/c1-11(2)9-19-10-12(8-17-19)18-14(20)13-7-15(13)3-5-16-6-4-15/h8,10-11,13,16H,3-7,9H2,1-2H3,(H,18,20). The van der Waals surface area contributed by atoms with E-state index >= 15 is 0 Å². The summed E-state index contributed by atoms with van der Waals surface area (Å²) < 4.78 is 1.90. The van der Waals surface area contributed by atoms with E-state index in [9.17, 15) is 4.79 Å². The maximum atomic E-state index is 12.3. The van der Waals surface area contributed by atoms with E-state index in [2.05, 4.69) is 29.6 Å². The number of aromatic nitrogens is 2. The van der Waals surface area contributed by atoms with Crippen molar-refractivity contribution in [3.63, 3.8) is 0 Å². The smallest absolute Gasteiger partial charge is 0.228 e. The third-order valence-electron chi connectivity index (χ3n) is 4.56. The molecule has 2 aliphatic rings. The molecule has 0 aromatic carbocycles. The molecular formula is C15H24N4O. The van der Waals surface area contributed by atoms with Gasteiger partial charge in [0.1, 0.15) is 0 Å². The maximum Gasteiger partial charge on any atom is 0.228 e. The van der Waals surface area contributed by atoms with Crippen molar-refractivity contribution in [2.45, 2.75) is 39.7 Å². The van der Waals surface area contributed by atoms with Crippen LogP contribution in [-0.4, -0.2) is 28.8 Å². The van der Waals surface area contributed by atoms with Crippen LogP contribution in [0.25, 0.3) is 0 Å². The van der Waals surface area contributed by atoms with Gasteiger partial charge in [-0.05, 0) is 43.7 Å². The van der Waals surface area contributed by atoms with Crippen molar-refractivity contribution in [1.82, 2.24) is 15.1 Å². The summed E-state index contributed by atoms with van der Waals surface area (Å²) in [7, 11) is 0. The highest BCUT2D eigenvalue weighted by atomic mass is 16.2. The van der Waals surface area contributed by atoms with Crippen LogP contribution in [0.2, 0.25) is 0 Å². The van der Waals surface area contributed by atoms with Crippen LogP contribution in [0.3, 0.4) is 0 Å². The molecule has 20 heavy (non-hydrogen) atoms. The van der Waals surface area contributed by atoms with Gasteiger partial charge in [-0.3, -0.25) is 9.48 Å². The number of nitrogens with zero attached hydrogens (tertiary/aromatic N) is 2. The molecule has 1 aliphatic heterocycles. The average molecular weight is 276 g/mol. The van der Waals surface area contributed by atoms with Gasteiger partial charge in [0.25, 0.3) is 0 Å². The number of carbonyl (C=O) groups is 1. The van der Waals surface area contributed by atoms with Crippen molar-refractivity contribution in [2.24, 2.45) is 17.3 Å². The van der Waals surface area contributed by atoms with Gasteiger partial charge in [0, 0.05) is 18.7 Å². The van der Waals surface area contributed by atoms with E-state index in [0.717, 1.165) is 44.6 Å². The first-order valence-electron chi connectivity index (χ1n) is 7.63. The molecule has 1 aromatic rings. The minimum absolute atomic E-state index is 0.177. The summed E-state index contributed by atoms with van der Waals surface area (Å²) in [4.78, 5) is 12.3.